The predicted molar refractivity (Wildman–Crippen MR) is 95.4 cm³/mol. The molecule has 0 bridgehead atoms. The lowest BCUT2D eigenvalue weighted by Gasteiger charge is -2.30. The SMILES string of the molecule is CCS(=O)(=O)N1CCC[C@@H](C(=O)Nc2ccc(C3(C#N)CC3)cc2)C1. The molecule has 7 heteroatoms. The van der Waals surface area contributed by atoms with Gasteiger partial charge in [0.2, 0.25) is 15.9 Å². The quantitative estimate of drug-likeness (QED) is 0.871. The number of rotatable bonds is 5. The van der Waals surface area contributed by atoms with Gasteiger partial charge in [-0.3, -0.25) is 4.79 Å². The first-order valence-corrected chi connectivity index (χ1v) is 10.3. The number of piperidine rings is 1. The number of carbonyl (C=O) groups is 1. The fraction of sp³-hybridized carbons (Fsp3) is 0.556. The van der Waals surface area contributed by atoms with Gasteiger partial charge < -0.3 is 5.32 Å². The molecule has 0 spiro atoms. The summed E-state index contributed by atoms with van der Waals surface area (Å²) in [6, 6.07) is 9.76. The smallest absolute Gasteiger partial charge is 0.228 e. The summed E-state index contributed by atoms with van der Waals surface area (Å²) in [5, 5.41) is 12.1. The summed E-state index contributed by atoms with van der Waals surface area (Å²) in [7, 11) is -3.26. The van der Waals surface area contributed by atoms with Gasteiger partial charge in [0.15, 0.2) is 0 Å². The molecule has 1 saturated heterocycles. The maximum absolute atomic E-state index is 12.5. The van der Waals surface area contributed by atoms with Crippen LogP contribution in [-0.4, -0.2) is 37.5 Å². The van der Waals surface area contributed by atoms with Gasteiger partial charge in [-0.2, -0.15) is 5.26 Å². The van der Waals surface area contributed by atoms with E-state index in [1.165, 1.54) is 4.31 Å². The van der Waals surface area contributed by atoms with Gasteiger partial charge >= 0.3 is 0 Å². The maximum Gasteiger partial charge on any atom is 0.228 e. The first-order valence-electron chi connectivity index (χ1n) is 8.71. The molecule has 1 amide bonds. The fourth-order valence-electron chi connectivity index (χ4n) is 3.30. The van der Waals surface area contributed by atoms with E-state index in [1.54, 1.807) is 6.92 Å². The summed E-state index contributed by atoms with van der Waals surface area (Å²) < 4.78 is 25.5. The van der Waals surface area contributed by atoms with Gasteiger partial charge in [-0.25, -0.2) is 12.7 Å². The highest BCUT2D eigenvalue weighted by atomic mass is 32.2. The van der Waals surface area contributed by atoms with Crippen molar-refractivity contribution in [2.45, 2.75) is 38.0 Å². The van der Waals surface area contributed by atoms with Crippen LogP contribution in [0.1, 0.15) is 38.2 Å². The molecular formula is C18H23N3O3S. The van der Waals surface area contributed by atoms with Crippen molar-refractivity contribution in [1.82, 2.24) is 4.31 Å². The van der Waals surface area contributed by atoms with Crippen molar-refractivity contribution in [3.8, 4) is 6.07 Å². The van der Waals surface area contributed by atoms with Crippen molar-refractivity contribution in [3.05, 3.63) is 29.8 Å². The van der Waals surface area contributed by atoms with Crippen LogP contribution < -0.4 is 5.32 Å². The summed E-state index contributed by atoms with van der Waals surface area (Å²) in [6.45, 7) is 2.36. The first kappa shape index (κ1) is 17.9. The number of benzene rings is 1. The van der Waals surface area contributed by atoms with Crippen molar-refractivity contribution in [2.75, 3.05) is 24.2 Å². The van der Waals surface area contributed by atoms with Crippen LogP contribution in [0.2, 0.25) is 0 Å². The van der Waals surface area contributed by atoms with Gasteiger partial charge in [0.05, 0.1) is 23.2 Å². The third kappa shape index (κ3) is 3.70. The number of hydrogen-bond acceptors (Lipinski definition) is 4. The standard InChI is InChI=1S/C18H23N3O3S/c1-2-25(23,24)21-11-3-4-14(12-21)17(22)20-16-7-5-15(6-8-16)18(13-19)9-10-18/h5-8,14H,2-4,9-12H2,1H3,(H,20,22)/t14-/m1/s1. The second kappa shape index (κ2) is 6.77. The van der Waals surface area contributed by atoms with Crippen LogP contribution in [0.3, 0.4) is 0 Å². The Hall–Kier alpha value is -1.91. The fourth-order valence-corrected chi connectivity index (χ4v) is 4.48. The van der Waals surface area contributed by atoms with Crippen LogP contribution in [0.5, 0.6) is 0 Å². The molecule has 0 aromatic heterocycles. The zero-order valence-electron chi connectivity index (χ0n) is 14.4. The summed E-state index contributed by atoms with van der Waals surface area (Å²) in [6.07, 6.45) is 3.16. The maximum atomic E-state index is 12.5. The summed E-state index contributed by atoms with van der Waals surface area (Å²) in [5.41, 5.74) is 1.34. The zero-order valence-corrected chi connectivity index (χ0v) is 15.2. The minimum Gasteiger partial charge on any atom is -0.326 e. The van der Waals surface area contributed by atoms with Crippen molar-refractivity contribution in [1.29, 1.82) is 5.26 Å². The molecular weight excluding hydrogens is 338 g/mol. The van der Waals surface area contributed by atoms with Gasteiger partial charge in [-0.1, -0.05) is 12.1 Å². The second-order valence-electron chi connectivity index (χ2n) is 6.86. The second-order valence-corrected chi connectivity index (χ2v) is 9.12. The molecule has 0 radical (unpaired) electrons. The van der Waals surface area contributed by atoms with Crippen LogP contribution in [-0.2, 0) is 20.2 Å². The van der Waals surface area contributed by atoms with Crippen LogP contribution in [0.4, 0.5) is 5.69 Å². The molecule has 1 aliphatic heterocycles. The normalized spacial score (nSPS) is 22.8. The molecule has 3 rings (SSSR count). The summed E-state index contributed by atoms with van der Waals surface area (Å²) in [4.78, 5) is 12.5. The average molecular weight is 361 g/mol. The Kier molecular flexibility index (Phi) is 4.85. The van der Waals surface area contributed by atoms with E-state index >= 15 is 0 Å². The molecule has 6 nitrogen and oxygen atoms in total. The largest absolute Gasteiger partial charge is 0.326 e. The van der Waals surface area contributed by atoms with E-state index in [9.17, 15) is 18.5 Å². The molecule has 2 aliphatic rings. The Morgan fingerprint density at radius 2 is 2.04 bits per heavy atom. The lowest BCUT2D eigenvalue weighted by Crippen LogP contribution is -2.44. The van der Waals surface area contributed by atoms with Gasteiger partial charge in [0.25, 0.3) is 0 Å². The van der Waals surface area contributed by atoms with E-state index in [0.717, 1.165) is 18.4 Å². The monoisotopic (exact) mass is 361 g/mol. The van der Waals surface area contributed by atoms with Crippen LogP contribution >= 0.6 is 0 Å². The number of amides is 1. The highest BCUT2D eigenvalue weighted by molar-refractivity contribution is 7.89. The van der Waals surface area contributed by atoms with E-state index in [0.29, 0.717) is 25.1 Å². The molecule has 2 fully saturated rings. The predicted octanol–water partition coefficient (Wildman–Crippen LogP) is 2.24. The summed E-state index contributed by atoms with van der Waals surface area (Å²) in [5.74, 6) is -0.419. The third-order valence-electron chi connectivity index (χ3n) is 5.18. The number of nitrogens with one attached hydrogen (secondary N) is 1. The van der Waals surface area contributed by atoms with Gasteiger partial charge in [-0.05, 0) is 50.3 Å². The van der Waals surface area contributed by atoms with E-state index in [-0.39, 0.29) is 29.5 Å². The van der Waals surface area contributed by atoms with Crippen molar-refractivity contribution in [2.24, 2.45) is 5.92 Å². The van der Waals surface area contributed by atoms with Crippen LogP contribution in [0, 0.1) is 17.2 Å². The Balaban J connectivity index is 1.63. The molecule has 1 aliphatic carbocycles. The minimum atomic E-state index is -3.26. The number of nitriles is 1. The van der Waals surface area contributed by atoms with Crippen LogP contribution in [0.15, 0.2) is 24.3 Å². The third-order valence-corrected chi connectivity index (χ3v) is 7.03. The topological polar surface area (TPSA) is 90.3 Å². The number of nitrogens with zero attached hydrogens (tertiary/aromatic N) is 2. The van der Waals surface area contributed by atoms with E-state index in [1.807, 2.05) is 24.3 Å². The first-order chi connectivity index (χ1) is 11.9. The molecule has 1 aromatic rings. The molecule has 1 aromatic carbocycles. The highest BCUT2D eigenvalue weighted by Gasteiger charge is 2.44. The number of sulfonamides is 1. The van der Waals surface area contributed by atoms with Crippen molar-refractivity contribution < 1.29 is 13.2 Å². The molecule has 1 saturated carbocycles. The molecule has 0 unspecified atom stereocenters. The lowest BCUT2D eigenvalue weighted by molar-refractivity contribution is -0.120. The number of hydrogen-bond donors (Lipinski definition) is 1. The van der Waals surface area contributed by atoms with Crippen molar-refractivity contribution >= 4 is 21.6 Å². The summed E-state index contributed by atoms with van der Waals surface area (Å²) >= 11 is 0. The van der Waals surface area contributed by atoms with E-state index in [4.69, 9.17) is 0 Å². The molecule has 1 heterocycles. The number of anilines is 1. The Bertz CT molecular complexity index is 792. The Morgan fingerprint density at radius 3 is 2.60 bits per heavy atom. The van der Waals surface area contributed by atoms with Crippen molar-refractivity contribution in [3.63, 3.8) is 0 Å². The molecule has 1 N–H and O–H groups in total. The average Bonchev–Trinajstić information content (AvgIpc) is 3.43. The Labute approximate surface area is 148 Å². The van der Waals surface area contributed by atoms with Gasteiger partial charge in [0.1, 0.15) is 0 Å². The highest BCUT2D eigenvalue weighted by Crippen LogP contribution is 2.47. The van der Waals surface area contributed by atoms with Gasteiger partial charge in [0, 0.05) is 18.8 Å². The van der Waals surface area contributed by atoms with E-state index in [2.05, 4.69) is 11.4 Å². The van der Waals surface area contributed by atoms with Gasteiger partial charge in [-0.15, -0.1) is 0 Å². The number of carbonyl (C=O) groups excluding carboxylic acids is 1. The zero-order chi connectivity index (χ0) is 18.1. The van der Waals surface area contributed by atoms with E-state index < -0.39 is 10.0 Å². The molecule has 134 valence electrons. The Morgan fingerprint density at radius 1 is 1.36 bits per heavy atom. The molecule has 25 heavy (non-hydrogen) atoms. The lowest BCUT2D eigenvalue weighted by atomic mass is 9.97. The minimum absolute atomic E-state index is 0.0590. The van der Waals surface area contributed by atoms with Crippen LogP contribution in [0.25, 0.3) is 0 Å². The molecule has 1 atom stereocenters.